The van der Waals surface area contributed by atoms with Gasteiger partial charge in [-0.15, -0.1) is 5.92 Å². The van der Waals surface area contributed by atoms with E-state index in [1.54, 1.807) is 0 Å². The molecule has 80 valence electrons. The van der Waals surface area contributed by atoms with Crippen LogP contribution in [0.4, 0.5) is 17.6 Å². The van der Waals surface area contributed by atoms with Crippen LogP contribution in [0.1, 0.15) is 18.1 Å². The van der Waals surface area contributed by atoms with Crippen LogP contribution < -0.4 is 0 Å². The van der Waals surface area contributed by atoms with E-state index < -0.39 is 41.0 Å². The Hall–Kier alpha value is -1.54. The molecule has 0 aromatic heterocycles. The van der Waals surface area contributed by atoms with Crippen molar-refractivity contribution in [2.45, 2.75) is 13.5 Å². The van der Waals surface area contributed by atoms with Gasteiger partial charge in [0.2, 0.25) is 0 Å². The summed E-state index contributed by atoms with van der Waals surface area (Å²) >= 11 is 0. The minimum atomic E-state index is -1.62. The van der Waals surface area contributed by atoms with E-state index >= 15 is 0 Å². The quantitative estimate of drug-likeness (QED) is 0.435. The molecule has 0 aliphatic carbocycles. The zero-order valence-corrected chi connectivity index (χ0v) is 7.67. The first kappa shape index (κ1) is 11.5. The minimum Gasteiger partial charge on any atom is -0.391 e. The van der Waals surface area contributed by atoms with Crippen molar-refractivity contribution in [1.82, 2.24) is 0 Å². The number of hydrogen-bond acceptors (Lipinski definition) is 1. The molecule has 0 heterocycles. The number of hydrogen-bond donors (Lipinski definition) is 1. The molecule has 0 unspecified atom stereocenters. The second-order valence-electron chi connectivity index (χ2n) is 2.64. The van der Waals surface area contributed by atoms with E-state index in [4.69, 9.17) is 5.11 Å². The molecule has 0 atom stereocenters. The summed E-state index contributed by atoms with van der Waals surface area (Å²) in [6.07, 6.45) is 0. The Kier molecular flexibility index (Phi) is 3.32. The van der Waals surface area contributed by atoms with Crippen LogP contribution in [0.5, 0.6) is 0 Å². The van der Waals surface area contributed by atoms with E-state index in [-0.39, 0.29) is 0 Å². The minimum absolute atomic E-state index is 0.968. The molecule has 0 saturated carbocycles. The third-order valence-electron chi connectivity index (χ3n) is 1.76. The SMILES string of the molecule is CC#Cc1c(F)c(F)c(CO)c(F)c1F. The van der Waals surface area contributed by atoms with Crippen molar-refractivity contribution in [3.63, 3.8) is 0 Å². The second-order valence-corrected chi connectivity index (χ2v) is 2.64. The fourth-order valence-corrected chi connectivity index (χ4v) is 1.05. The smallest absolute Gasteiger partial charge is 0.177 e. The zero-order valence-electron chi connectivity index (χ0n) is 7.67. The molecule has 0 spiro atoms. The Bertz CT molecular complexity index is 428. The van der Waals surface area contributed by atoms with Crippen LogP contribution in [-0.2, 0) is 6.61 Å². The highest BCUT2D eigenvalue weighted by Crippen LogP contribution is 2.23. The highest BCUT2D eigenvalue weighted by Gasteiger charge is 2.23. The van der Waals surface area contributed by atoms with Crippen LogP contribution in [0, 0.1) is 35.1 Å². The van der Waals surface area contributed by atoms with Crippen LogP contribution in [0.3, 0.4) is 0 Å². The normalized spacial score (nSPS) is 9.73. The molecule has 1 rings (SSSR count). The van der Waals surface area contributed by atoms with Gasteiger partial charge in [-0.25, -0.2) is 17.6 Å². The number of aliphatic hydroxyl groups is 1. The van der Waals surface area contributed by atoms with Crippen LogP contribution >= 0.6 is 0 Å². The van der Waals surface area contributed by atoms with Gasteiger partial charge in [0.05, 0.1) is 12.2 Å². The molecular weight excluding hydrogens is 212 g/mol. The van der Waals surface area contributed by atoms with E-state index in [1.807, 2.05) is 5.92 Å². The Morgan fingerprint density at radius 2 is 1.47 bits per heavy atom. The van der Waals surface area contributed by atoms with Crippen molar-refractivity contribution in [1.29, 1.82) is 0 Å². The summed E-state index contributed by atoms with van der Waals surface area (Å²) < 4.78 is 52.2. The fraction of sp³-hybridized carbons (Fsp3) is 0.200. The number of halogens is 4. The Labute approximate surface area is 83.3 Å². The first-order valence-corrected chi connectivity index (χ1v) is 3.93. The molecule has 0 aliphatic rings. The molecule has 15 heavy (non-hydrogen) atoms. The molecule has 0 aliphatic heterocycles. The van der Waals surface area contributed by atoms with Gasteiger partial charge >= 0.3 is 0 Å². The van der Waals surface area contributed by atoms with Gasteiger partial charge in [0.15, 0.2) is 23.3 Å². The molecule has 0 saturated heterocycles. The first-order chi connectivity index (χ1) is 7.04. The largest absolute Gasteiger partial charge is 0.391 e. The summed E-state index contributed by atoms with van der Waals surface area (Å²) in [7, 11) is 0. The van der Waals surface area contributed by atoms with Gasteiger partial charge in [-0.1, -0.05) is 5.92 Å². The third kappa shape index (κ3) is 1.81. The lowest BCUT2D eigenvalue weighted by Crippen LogP contribution is -2.06. The number of rotatable bonds is 1. The molecule has 0 bridgehead atoms. The average Bonchev–Trinajstić information content (AvgIpc) is 2.23. The summed E-state index contributed by atoms with van der Waals surface area (Å²) in [5, 5.41) is 8.52. The molecule has 0 radical (unpaired) electrons. The molecule has 1 nitrogen and oxygen atoms in total. The van der Waals surface area contributed by atoms with E-state index in [9.17, 15) is 17.6 Å². The van der Waals surface area contributed by atoms with Gasteiger partial charge in [-0.3, -0.25) is 0 Å². The molecule has 1 aromatic rings. The van der Waals surface area contributed by atoms with Crippen molar-refractivity contribution in [3.05, 3.63) is 34.4 Å². The van der Waals surface area contributed by atoms with Gasteiger partial charge in [-0.2, -0.15) is 0 Å². The average molecular weight is 218 g/mol. The molecule has 1 aromatic carbocycles. The monoisotopic (exact) mass is 218 g/mol. The maximum atomic E-state index is 13.1. The van der Waals surface area contributed by atoms with Crippen molar-refractivity contribution in [3.8, 4) is 11.8 Å². The summed E-state index contributed by atoms with van der Waals surface area (Å²) in [6, 6.07) is 0. The van der Waals surface area contributed by atoms with Gasteiger partial charge in [-0.05, 0) is 6.92 Å². The highest BCUT2D eigenvalue weighted by molar-refractivity contribution is 5.40. The third-order valence-corrected chi connectivity index (χ3v) is 1.76. The van der Waals surface area contributed by atoms with E-state index in [0.29, 0.717) is 0 Å². The Morgan fingerprint density at radius 1 is 1.00 bits per heavy atom. The molecule has 0 amide bonds. The van der Waals surface area contributed by atoms with E-state index in [1.165, 1.54) is 6.92 Å². The molecule has 0 fully saturated rings. The predicted octanol–water partition coefficient (Wildman–Crippen LogP) is 2.11. The molecule has 1 N–H and O–H groups in total. The van der Waals surface area contributed by atoms with Crippen LogP contribution in [0.2, 0.25) is 0 Å². The standard InChI is InChI=1S/C10H6F4O/c1-2-3-5-7(11)9(13)6(4-15)10(14)8(5)12/h15H,4H2,1H3. The van der Waals surface area contributed by atoms with Crippen LogP contribution in [0.15, 0.2) is 0 Å². The lowest BCUT2D eigenvalue weighted by molar-refractivity contribution is 0.262. The van der Waals surface area contributed by atoms with Crippen LogP contribution in [0.25, 0.3) is 0 Å². The number of aliphatic hydroxyl groups excluding tert-OH is 1. The lowest BCUT2D eigenvalue weighted by Gasteiger charge is -2.06. The van der Waals surface area contributed by atoms with Crippen molar-refractivity contribution in [2.24, 2.45) is 0 Å². The molecular formula is C10H6F4O. The highest BCUT2D eigenvalue weighted by atomic mass is 19.2. The fourth-order valence-electron chi connectivity index (χ4n) is 1.05. The van der Waals surface area contributed by atoms with E-state index in [0.717, 1.165) is 0 Å². The Balaban J connectivity index is 3.63. The summed E-state index contributed by atoms with van der Waals surface area (Å²) in [4.78, 5) is 0. The summed E-state index contributed by atoms with van der Waals surface area (Å²) in [5.74, 6) is -2.37. The Morgan fingerprint density at radius 3 is 1.80 bits per heavy atom. The van der Waals surface area contributed by atoms with Gasteiger partial charge in [0, 0.05) is 0 Å². The van der Waals surface area contributed by atoms with Crippen molar-refractivity contribution < 1.29 is 22.7 Å². The van der Waals surface area contributed by atoms with Gasteiger partial charge in [0.1, 0.15) is 5.56 Å². The maximum Gasteiger partial charge on any atom is 0.177 e. The van der Waals surface area contributed by atoms with Gasteiger partial charge < -0.3 is 5.11 Å². The van der Waals surface area contributed by atoms with Crippen molar-refractivity contribution in [2.75, 3.05) is 0 Å². The van der Waals surface area contributed by atoms with Gasteiger partial charge in [0.25, 0.3) is 0 Å². The molecule has 5 heteroatoms. The summed E-state index contributed by atoms with van der Waals surface area (Å²) in [5.41, 5.74) is -2.00. The van der Waals surface area contributed by atoms with Crippen molar-refractivity contribution >= 4 is 0 Å². The first-order valence-electron chi connectivity index (χ1n) is 3.93. The second kappa shape index (κ2) is 4.32. The van der Waals surface area contributed by atoms with Crippen LogP contribution in [-0.4, -0.2) is 5.11 Å². The van der Waals surface area contributed by atoms with E-state index in [2.05, 4.69) is 5.92 Å². The zero-order chi connectivity index (χ0) is 11.6. The number of benzene rings is 1. The lowest BCUT2D eigenvalue weighted by atomic mass is 10.1. The predicted molar refractivity (Wildman–Crippen MR) is 44.7 cm³/mol. The maximum absolute atomic E-state index is 13.1. The summed E-state index contributed by atoms with van der Waals surface area (Å²) in [6.45, 7) is 0.153. The topological polar surface area (TPSA) is 20.2 Å².